The summed E-state index contributed by atoms with van der Waals surface area (Å²) >= 11 is 0. The summed E-state index contributed by atoms with van der Waals surface area (Å²) in [5.41, 5.74) is 0.444. The van der Waals surface area contributed by atoms with E-state index in [-0.39, 0.29) is 11.8 Å². The summed E-state index contributed by atoms with van der Waals surface area (Å²) in [6.45, 7) is 0.927. The number of benzene rings is 1. The molecule has 0 saturated carbocycles. The van der Waals surface area contributed by atoms with Crippen molar-refractivity contribution in [2.45, 2.75) is 25.9 Å². The average molecular weight is 386 g/mol. The van der Waals surface area contributed by atoms with E-state index in [1.165, 1.54) is 14.0 Å². The minimum absolute atomic E-state index is 0.359. The predicted octanol–water partition coefficient (Wildman–Crippen LogP) is 1.52. The number of imide groups is 1. The number of allylic oxidation sites excluding steroid dienone is 2. The van der Waals surface area contributed by atoms with Crippen LogP contribution in [0.2, 0.25) is 0 Å². The highest BCUT2D eigenvalue weighted by Gasteiger charge is 2.47. The second kappa shape index (κ2) is 8.24. The smallest absolute Gasteiger partial charge is 0.326 e. The van der Waals surface area contributed by atoms with Crippen molar-refractivity contribution in [2.75, 3.05) is 19.0 Å². The Hall–Kier alpha value is -3.16. The number of para-hydroxylation sites is 2. The number of hydrogen-bond donors (Lipinski definition) is 1. The van der Waals surface area contributed by atoms with Gasteiger partial charge in [-0.15, -0.1) is 0 Å². The van der Waals surface area contributed by atoms with Gasteiger partial charge >= 0.3 is 5.97 Å². The molecule has 3 atom stereocenters. The Morgan fingerprint density at radius 2 is 1.75 bits per heavy atom. The van der Waals surface area contributed by atoms with Crippen LogP contribution in [0.15, 0.2) is 36.4 Å². The number of hydrogen-bond acceptors (Lipinski definition) is 6. The molecule has 1 aliphatic heterocycles. The number of rotatable bonds is 6. The van der Waals surface area contributed by atoms with E-state index in [1.54, 1.807) is 24.3 Å². The Kier molecular flexibility index (Phi) is 5.77. The predicted molar refractivity (Wildman–Crippen MR) is 99.3 cm³/mol. The monoisotopic (exact) mass is 386 g/mol. The minimum atomic E-state index is -1.10. The minimum Gasteiger partial charge on any atom is -0.495 e. The number of carbonyl (C=O) groups excluding carboxylic acids is 4. The SMILES string of the molecule is COc1ccccc1NC(=O)[C@@H](C)OC(=O)CN1C(=O)[C@H]2CC=CC[C@@H]2C1=O. The van der Waals surface area contributed by atoms with Crippen molar-refractivity contribution >= 4 is 29.4 Å². The molecule has 3 rings (SSSR count). The molecule has 1 aromatic rings. The second-order valence-corrected chi connectivity index (χ2v) is 6.74. The van der Waals surface area contributed by atoms with Crippen LogP contribution in [0.25, 0.3) is 0 Å². The van der Waals surface area contributed by atoms with Crippen LogP contribution in [0.5, 0.6) is 5.75 Å². The maximum absolute atomic E-state index is 12.4. The quantitative estimate of drug-likeness (QED) is 0.452. The van der Waals surface area contributed by atoms with E-state index in [9.17, 15) is 19.2 Å². The van der Waals surface area contributed by atoms with Gasteiger partial charge in [0.05, 0.1) is 24.6 Å². The summed E-state index contributed by atoms with van der Waals surface area (Å²) in [7, 11) is 1.48. The zero-order chi connectivity index (χ0) is 20.3. The number of likely N-dealkylation sites (tertiary alicyclic amines) is 1. The lowest BCUT2D eigenvalue weighted by Gasteiger charge is -2.17. The molecule has 0 spiro atoms. The average Bonchev–Trinajstić information content (AvgIpc) is 2.93. The van der Waals surface area contributed by atoms with Crippen LogP contribution in [0.3, 0.4) is 0 Å². The molecule has 1 aliphatic carbocycles. The van der Waals surface area contributed by atoms with Gasteiger partial charge in [-0.1, -0.05) is 24.3 Å². The highest BCUT2D eigenvalue weighted by Crippen LogP contribution is 2.34. The molecule has 8 heteroatoms. The molecule has 0 bridgehead atoms. The van der Waals surface area contributed by atoms with Crippen molar-refractivity contribution in [1.82, 2.24) is 4.90 Å². The molecule has 0 radical (unpaired) electrons. The third-order valence-corrected chi connectivity index (χ3v) is 4.93. The first-order valence-electron chi connectivity index (χ1n) is 9.06. The van der Waals surface area contributed by atoms with Crippen LogP contribution >= 0.6 is 0 Å². The van der Waals surface area contributed by atoms with Crippen molar-refractivity contribution < 1.29 is 28.7 Å². The molecule has 0 aromatic heterocycles. The zero-order valence-corrected chi connectivity index (χ0v) is 15.7. The Morgan fingerprint density at radius 3 is 2.36 bits per heavy atom. The van der Waals surface area contributed by atoms with Crippen LogP contribution in [0.1, 0.15) is 19.8 Å². The number of nitrogens with one attached hydrogen (secondary N) is 1. The van der Waals surface area contributed by atoms with Crippen molar-refractivity contribution in [3.05, 3.63) is 36.4 Å². The fraction of sp³-hybridized carbons (Fsp3) is 0.400. The number of esters is 1. The molecule has 3 amide bonds. The maximum Gasteiger partial charge on any atom is 0.326 e. The van der Waals surface area contributed by atoms with Crippen LogP contribution in [-0.4, -0.2) is 48.3 Å². The summed E-state index contributed by atoms with van der Waals surface area (Å²) < 4.78 is 10.3. The molecule has 1 N–H and O–H groups in total. The highest BCUT2D eigenvalue weighted by molar-refractivity contribution is 6.07. The van der Waals surface area contributed by atoms with Crippen molar-refractivity contribution in [3.63, 3.8) is 0 Å². The molecule has 1 saturated heterocycles. The molecule has 28 heavy (non-hydrogen) atoms. The van der Waals surface area contributed by atoms with Crippen LogP contribution in [0.4, 0.5) is 5.69 Å². The van der Waals surface area contributed by atoms with Gasteiger partial charge in [0.15, 0.2) is 6.10 Å². The molecule has 0 unspecified atom stereocenters. The first-order chi connectivity index (χ1) is 13.4. The zero-order valence-electron chi connectivity index (χ0n) is 15.7. The Bertz CT molecular complexity index is 808. The highest BCUT2D eigenvalue weighted by atomic mass is 16.5. The number of methoxy groups -OCH3 is 1. The van der Waals surface area contributed by atoms with Gasteiger partial charge in [0.2, 0.25) is 11.8 Å². The molecule has 2 aliphatic rings. The van der Waals surface area contributed by atoms with Gasteiger partial charge in [-0.3, -0.25) is 24.1 Å². The Morgan fingerprint density at radius 1 is 1.14 bits per heavy atom. The number of carbonyl (C=O) groups is 4. The largest absolute Gasteiger partial charge is 0.495 e. The lowest BCUT2D eigenvalue weighted by Crippen LogP contribution is -2.39. The lowest BCUT2D eigenvalue weighted by atomic mass is 9.85. The Balaban J connectivity index is 1.56. The van der Waals surface area contributed by atoms with Gasteiger partial charge in [0.1, 0.15) is 12.3 Å². The van der Waals surface area contributed by atoms with Gasteiger partial charge in [-0.05, 0) is 31.9 Å². The Labute approximate surface area is 162 Å². The lowest BCUT2D eigenvalue weighted by molar-refractivity contribution is -0.158. The van der Waals surface area contributed by atoms with Crippen molar-refractivity contribution in [2.24, 2.45) is 11.8 Å². The topological polar surface area (TPSA) is 102 Å². The van der Waals surface area contributed by atoms with E-state index in [1.807, 2.05) is 12.2 Å². The van der Waals surface area contributed by atoms with Gasteiger partial charge < -0.3 is 14.8 Å². The molecule has 1 aromatic carbocycles. The number of nitrogens with zero attached hydrogens (tertiary/aromatic N) is 1. The molecular formula is C20H22N2O6. The maximum atomic E-state index is 12.4. The third-order valence-electron chi connectivity index (χ3n) is 4.93. The number of fused-ring (bicyclic) bond motifs is 1. The summed E-state index contributed by atoms with van der Waals surface area (Å²) in [4.78, 5) is 50.2. The van der Waals surface area contributed by atoms with E-state index in [0.717, 1.165) is 4.90 Å². The summed E-state index contributed by atoms with van der Waals surface area (Å²) in [5.74, 6) is -2.41. The van der Waals surface area contributed by atoms with E-state index in [0.29, 0.717) is 24.3 Å². The normalized spacial score (nSPS) is 21.9. The summed E-state index contributed by atoms with van der Waals surface area (Å²) in [6.07, 6.45) is 3.64. The summed E-state index contributed by atoms with van der Waals surface area (Å²) in [6, 6.07) is 6.83. The number of anilines is 1. The van der Waals surface area contributed by atoms with Gasteiger partial charge in [-0.2, -0.15) is 0 Å². The van der Waals surface area contributed by atoms with Gasteiger partial charge in [-0.25, -0.2) is 0 Å². The van der Waals surface area contributed by atoms with Gasteiger partial charge in [0, 0.05) is 0 Å². The third kappa shape index (κ3) is 3.90. The van der Waals surface area contributed by atoms with Crippen molar-refractivity contribution in [3.8, 4) is 5.75 Å². The standard InChI is InChI=1S/C20H22N2O6/c1-12(18(24)21-15-9-5-6-10-16(15)27-2)28-17(23)11-22-19(25)13-7-3-4-8-14(13)20(22)26/h3-6,9-10,12-14H,7-8,11H2,1-2H3,(H,21,24)/t12-,13+,14+/m1/s1. The first-order valence-corrected chi connectivity index (χ1v) is 9.06. The van der Waals surface area contributed by atoms with Gasteiger partial charge in [0.25, 0.3) is 5.91 Å². The van der Waals surface area contributed by atoms with Crippen molar-refractivity contribution in [1.29, 1.82) is 0 Å². The molecular weight excluding hydrogens is 364 g/mol. The summed E-state index contributed by atoms with van der Waals surface area (Å²) in [5, 5.41) is 2.62. The van der Waals surface area contributed by atoms with Crippen LogP contribution in [0, 0.1) is 11.8 Å². The number of ether oxygens (including phenoxy) is 2. The fourth-order valence-corrected chi connectivity index (χ4v) is 3.42. The van der Waals surface area contributed by atoms with Crippen LogP contribution in [-0.2, 0) is 23.9 Å². The second-order valence-electron chi connectivity index (χ2n) is 6.74. The molecule has 1 heterocycles. The molecule has 148 valence electrons. The number of amides is 3. The van der Waals surface area contributed by atoms with E-state index in [2.05, 4.69) is 5.32 Å². The molecule has 1 fully saturated rings. The molecule has 8 nitrogen and oxygen atoms in total. The fourth-order valence-electron chi connectivity index (χ4n) is 3.42. The van der Waals surface area contributed by atoms with E-state index in [4.69, 9.17) is 9.47 Å². The van der Waals surface area contributed by atoms with E-state index >= 15 is 0 Å². The first kappa shape index (κ1) is 19.6. The van der Waals surface area contributed by atoms with Crippen LogP contribution < -0.4 is 10.1 Å². The van der Waals surface area contributed by atoms with E-state index < -0.39 is 36.4 Å².